The number of aromatic nitrogens is 2. The summed E-state index contributed by atoms with van der Waals surface area (Å²) in [6, 6.07) is 28.6. The Kier molecular flexibility index (Phi) is 5.68. The fourth-order valence-electron chi connectivity index (χ4n) is 3.90. The van der Waals surface area contributed by atoms with Gasteiger partial charge in [0, 0.05) is 10.0 Å². The maximum absolute atomic E-state index is 9.88. The molecular formula is C28H20BrN3O. The number of H-pyrrole nitrogens is 1. The molecule has 5 aromatic rings. The number of benzene rings is 4. The van der Waals surface area contributed by atoms with E-state index in [1.807, 2.05) is 67.6 Å². The summed E-state index contributed by atoms with van der Waals surface area (Å²) in [7, 11) is 0. The van der Waals surface area contributed by atoms with Crippen LogP contribution in [0.2, 0.25) is 0 Å². The van der Waals surface area contributed by atoms with Gasteiger partial charge in [0.2, 0.25) is 0 Å². The second kappa shape index (κ2) is 8.93. The third-order valence-corrected chi connectivity index (χ3v) is 6.04. The molecule has 0 aliphatic rings. The molecule has 0 fully saturated rings. The number of hydrogen-bond acceptors (Lipinski definition) is 3. The molecule has 0 radical (unpaired) electrons. The van der Waals surface area contributed by atoms with E-state index in [2.05, 4.69) is 56.2 Å². The molecule has 1 aromatic heterocycles. The van der Waals surface area contributed by atoms with E-state index in [0.29, 0.717) is 23.8 Å². The molecule has 4 aromatic carbocycles. The van der Waals surface area contributed by atoms with Crippen molar-refractivity contribution in [2.45, 2.75) is 13.5 Å². The Morgan fingerprint density at radius 1 is 1.06 bits per heavy atom. The van der Waals surface area contributed by atoms with Gasteiger partial charge >= 0.3 is 0 Å². The highest BCUT2D eigenvalue weighted by Gasteiger charge is 2.11. The SMILES string of the molecule is Cc1ccc2nc(C(C#N)=Cc3cc(Br)ccc3OCc3cccc4ccccc34)[nH]c2c1. The lowest BCUT2D eigenvalue weighted by Gasteiger charge is -2.12. The molecule has 0 amide bonds. The lowest BCUT2D eigenvalue weighted by Crippen LogP contribution is -1.98. The minimum Gasteiger partial charge on any atom is -0.488 e. The molecule has 0 saturated carbocycles. The van der Waals surface area contributed by atoms with Crippen LogP contribution in [0.15, 0.2) is 83.3 Å². The Bertz CT molecular complexity index is 1550. The normalized spacial score (nSPS) is 11.6. The highest BCUT2D eigenvalue weighted by atomic mass is 79.9. The number of imidazole rings is 1. The molecule has 0 unspecified atom stereocenters. The third kappa shape index (κ3) is 4.39. The highest BCUT2D eigenvalue weighted by Crippen LogP contribution is 2.29. The van der Waals surface area contributed by atoms with Crippen molar-refractivity contribution in [2.24, 2.45) is 0 Å². The predicted molar refractivity (Wildman–Crippen MR) is 137 cm³/mol. The monoisotopic (exact) mass is 493 g/mol. The molecule has 160 valence electrons. The van der Waals surface area contributed by atoms with Crippen molar-refractivity contribution < 1.29 is 4.74 Å². The van der Waals surface area contributed by atoms with Gasteiger partial charge in [0.05, 0.1) is 16.6 Å². The summed E-state index contributed by atoms with van der Waals surface area (Å²) in [6.45, 7) is 2.46. The molecule has 0 atom stereocenters. The zero-order valence-corrected chi connectivity index (χ0v) is 19.6. The number of aromatic amines is 1. The average Bonchev–Trinajstić information content (AvgIpc) is 3.25. The zero-order chi connectivity index (χ0) is 22.8. The fraction of sp³-hybridized carbons (Fsp3) is 0.0714. The number of allylic oxidation sites excluding steroid dienone is 1. The zero-order valence-electron chi connectivity index (χ0n) is 18.0. The number of aryl methyl sites for hydroxylation is 1. The van der Waals surface area contributed by atoms with Gasteiger partial charge < -0.3 is 9.72 Å². The molecular weight excluding hydrogens is 474 g/mol. The molecule has 0 saturated heterocycles. The van der Waals surface area contributed by atoms with Gasteiger partial charge in [0.25, 0.3) is 0 Å². The van der Waals surface area contributed by atoms with Crippen molar-refractivity contribution in [2.75, 3.05) is 0 Å². The molecule has 0 aliphatic heterocycles. The Balaban J connectivity index is 1.49. The second-order valence-electron chi connectivity index (χ2n) is 7.88. The summed E-state index contributed by atoms with van der Waals surface area (Å²) in [5.41, 5.74) is 5.23. The van der Waals surface area contributed by atoms with Gasteiger partial charge in [-0.15, -0.1) is 0 Å². The van der Waals surface area contributed by atoms with Crippen molar-refractivity contribution in [3.8, 4) is 11.8 Å². The van der Waals surface area contributed by atoms with E-state index in [1.54, 1.807) is 0 Å². The summed E-state index contributed by atoms with van der Waals surface area (Å²) in [5.74, 6) is 1.24. The largest absolute Gasteiger partial charge is 0.488 e. The first-order valence-corrected chi connectivity index (χ1v) is 11.4. The van der Waals surface area contributed by atoms with Crippen LogP contribution in [0.1, 0.15) is 22.5 Å². The minimum atomic E-state index is 0.426. The van der Waals surface area contributed by atoms with E-state index in [1.165, 1.54) is 10.8 Å². The van der Waals surface area contributed by atoms with Crippen LogP contribution in [-0.2, 0) is 6.61 Å². The van der Waals surface area contributed by atoms with Crippen LogP contribution in [0.5, 0.6) is 5.75 Å². The van der Waals surface area contributed by atoms with E-state index >= 15 is 0 Å². The van der Waals surface area contributed by atoms with Gasteiger partial charge in [-0.3, -0.25) is 0 Å². The van der Waals surface area contributed by atoms with Crippen molar-refractivity contribution in [3.05, 3.63) is 106 Å². The highest BCUT2D eigenvalue weighted by molar-refractivity contribution is 9.10. The number of nitriles is 1. The first-order valence-electron chi connectivity index (χ1n) is 10.6. The number of halogens is 1. The van der Waals surface area contributed by atoms with E-state index in [0.717, 1.165) is 32.2 Å². The van der Waals surface area contributed by atoms with Crippen LogP contribution in [0.3, 0.4) is 0 Å². The number of nitrogens with zero attached hydrogens (tertiary/aromatic N) is 2. The molecule has 5 heteroatoms. The van der Waals surface area contributed by atoms with E-state index < -0.39 is 0 Å². The molecule has 33 heavy (non-hydrogen) atoms. The Morgan fingerprint density at radius 3 is 2.79 bits per heavy atom. The molecule has 1 N–H and O–H groups in total. The second-order valence-corrected chi connectivity index (χ2v) is 8.80. The summed E-state index contributed by atoms with van der Waals surface area (Å²) in [4.78, 5) is 7.87. The van der Waals surface area contributed by atoms with Gasteiger partial charge in [0.1, 0.15) is 24.3 Å². The Morgan fingerprint density at radius 2 is 1.91 bits per heavy atom. The van der Waals surface area contributed by atoms with Gasteiger partial charge in [0.15, 0.2) is 0 Å². The minimum absolute atomic E-state index is 0.426. The smallest absolute Gasteiger partial charge is 0.149 e. The summed E-state index contributed by atoms with van der Waals surface area (Å²) in [6.07, 6.45) is 1.81. The first-order chi connectivity index (χ1) is 16.1. The topological polar surface area (TPSA) is 61.7 Å². The van der Waals surface area contributed by atoms with Crippen LogP contribution in [-0.4, -0.2) is 9.97 Å². The van der Waals surface area contributed by atoms with Crippen LogP contribution < -0.4 is 4.74 Å². The standard InChI is InChI=1S/C28H20BrN3O/c1-18-9-11-25-26(13-18)32-28(31-25)22(16-30)14-21-15-23(29)10-12-27(21)33-17-20-7-4-6-19-5-2-3-8-24(19)20/h2-15H,17H2,1H3,(H,31,32). The van der Waals surface area contributed by atoms with Crippen LogP contribution in [0.4, 0.5) is 0 Å². The number of hydrogen-bond donors (Lipinski definition) is 1. The molecule has 0 aliphatic carbocycles. The van der Waals surface area contributed by atoms with Crippen molar-refractivity contribution >= 4 is 49.4 Å². The molecule has 1 heterocycles. The maximum Gasteiger partial charge on any atom is 0.149 e. The van der Waals surface area contributed by atoms with Crippen LogP contribution in [0.25, 0.3) is 33.5 Å². The molecule has 0 bridgehead atoms. The van der Waals surface area contributed by atoms with E-state index in [4.69, 9.17) is 4.74 Å². The molecule has 4 nitrogen and oxygen atoms in total. The number of nitrogens with one attached hydrogen (secondary N) is 1. The van der Waals surface area contributed by atoms with Crippen LogP contribution >= 0.6 is 15.9 Å². The van der Waals surface area contributed by atoms with Gasteiger partial charge in [-0.25, -0.2) is 4.98 Å². The molecule has 5 rings (SSSR count). The van der Waals surface area contributed by atoms with Crippen molar-refractivity contribution in [3.63, 3.8) is 0 Å². The van der Waals surface area contributed by atoms with Gasteiger partial charge in [-0.2, -0.15) is 5.26 Å². The third-order valence-electron chi connectivity index (χ3n) is 5.55. The molecule has 0 spiro atoms. The van der Waals surface area contributed by atoms with Crippen molar-refractivity contribution in [1.29, 1.82) is 5.26 Å². The number of fused-ring (bicyclic) bond motifs is 2. The maximum atomic E-state index is 9.88. The summed E-state index contributed by atoms with van der Waals surface area (Å²) in [5, 5.41) is 12.2. The predicted octanol–water partition coefficient (Wildman–Crippen LogP) is 7.43. The van der Waals surface area contributed by atoms with E-state index in [9.17, 15) is 5.26 Å². The lowest BCUT2D eigenvalue weighted by molar-refractivity contribution is 0.307. The lowest BCUT2D eigenvalue weighted by atomic mass is 10.1. The number of ether oxygens (including phenoxy) is 1. The quantitative estimate of drug-likeness (QED) is 0.259. The van der Waals surface area contributed by atoms with Crippen molar-refractivity contribution in [1.82, 2.24) is 9.97 Å². The summed E-state index contributed by atoms with van der Waals surface area (Å²) < 4.78 is 7.14. The fourth-order valence-corrected chi connectivity index (χ4v) is 4.28. The Labute approximate surface area is 200 Å². The Hall–Kier alpha value is -3.88. The number of rotatable bonds is 5. The van der Waals surface area contributed by atoms with Gasteiger partial charge in [-0.1, -0.05) is 64.5 Å². The summed E-state index contributed by atoms with van der Waals surface area (Å²) >= 11 is 3.54. The van der Waals surface area contributed by atoms with Crippen LogP contribution in [0, 0.1) is 18.3 Å². The first kappa shape index (κ1) is 21.0. The van der Waals surface area contributed by atoms with Gasteiger partial charge in [-0.05, 0) is 65.2 Å². The van der Waals surface area contributed by atoms with E-state index in [-0.39, 0.29) is 0 Å². The average molecular weight is 494 g/mol.